The topological polar surface area (TPSA) is 48.6 Å². The number of aromatic nitrogens is 1. The molecule has 126 valence electrons. The molecule has 24 heavy (non-hydrogen) atoms. The van der Waals surface area contributed by atoms with Crippen molar-refractivity contribution in [3.8, 4) is 0 Å². The summed E-state index contributed by atoms with van der Waals surface area (Å²) in [5.74, 6) is 0.518. The summed E-state index contributed by atoms with van der Waals surface area (Å²) < 4.78 is 2.36. The monoisotopic (exact) mass is 324 g/mol. The molecule has 0 radical (unpaired) electrons. The van der Waals surface area contributed by atoms with Crippen molar-refractivity contribution in [2.45, 2.75) is 38.0 Å². The van der Waals surface area contributed by atoms with Crippen LogP contribution < -0.4 is 0 Å². The molecule has 4 aliphatic rings. The highest BCUT2D eigenvalue weighted by Crippen LogP contribution is 2.54. The van der Waals surface area contributed by atoms with E-state index in [1.807, 2.05) is 6.92 Å². The van der Waals surface area contributed by atoms with Crippen LogP contribution in [0.1, 0.15) is 30.6 Å². The van der Waals surface area contributed by atoms with Crippen LogP contribution in [0.4, 0.5) is 0 Å². The Morgan fingerprint density at radius 2 is 2.08 bits per heavy atom. The average Bonchev–Trinajstić information content (AvgIpc) is 2.88. The summed E-state index contributed by atoms with van der Waals surface area (Å²) in [6, 6.07) is 9.37. The van der Waals surface area contributed by atoms with Gasteiger partial charge in [-0.1, -0.05) is 18.2 Å². The molecule has 0 amide bonds. The molecule has 0 spiro atoms. The lowest BCUT2D eigenvalue weighted by Crippen LogP contribution is -2.57. The summed E-state index contributed by atoms with van der Waals surface area (Å²) in [5, 5.41) is 21.6. The maximum Gasteiger partial charge on any atom is 0.0741 e. The molecule has 5 atom stereocenters. The lowest BCUT2D eigenvalue weighted by molar-refractivity contribution is -0.0223. The standard InChI is InChI=1S/C20H24N2O2/c1-11(24)15-9-22-18-8-14-12-5-3-4-6-17(12)21(2)20(14)19(22)7-13(15)16(18)10-23/h3-6,9,11,13,16,18-19,23-24H,7-8,10H2,1-2H3/t11-,13+,16-,18+,19+/m1/s1. The van der Waals surface area contributed by atoms with Crippen molar-refractivity contribution in [3.63, 3.8) is 0 Å². The quantitative estimate of drug-likeness (QED) is 0.891. The Kier molecular flexibility index (Phi) is 2.95. The van der Waals surface area contributed by atoms with Gasteiger partial charge in [-0.3, -0.25) is 0 Å². The average molecular weight is 324 g/mol. The van der Waals surface area contributed by atoms with Gasteiger partial charge in [-0.15, -0.1) is 0 Å². The van der Waals surface area contributed by atoms with Crippen LogP contribution in [0, 0.1) is 11.8 Å². The molecule has 1 aromatic carbocycles. The zero-order valence-electron chi connectivity index (χ0n) is 14.2. The van der Waals surface area contributed by atoms with Gasteiger partial charge in [0.1, 0.15) is 0 Å². The molecule has 0 unspecified atom stereocenters. The molecule has 4 nitrogen and oxygen atoms in total. The first-order chi connectivity index (χ1) is 11.6. The fourth-order valence-corrected chi connectivity index (χ4v) is 5.61. The van der Waals surface area contributed by atoms with E-state index in [0.29, 0.717) is 18.0 Å². The third-order valence-corrected chi connectivity index (χ3v) is 6.64. The van der Waals surface area contributed by atoms with Crippen LogP contribution >= 0.6 is 0 Å². The molecule has 2 N–H and O–H groups in total. The molecular weight excluding hydrogens is 300 g/mol. The Balaban J connectivity index is 1.72. The number of nitrogens with zero attached hydrogens (tertiary/aromatic N) is 2. The van der Waals surface area contributed by atoms with Crippen molar-refractivity contribution in [3.05, 3.63) is 47.3 Å². The minimum Gasteiger partial charge on any atom is -0.396 e. The summed E-state index contributed by atoms with van der Waals surface area (Å²) in [5.41, 5.74) is 5.29. The molecule has 0 aliphatic carbocycles. The lowest BCUT2D eigenvalue weighted by atomic mass is 9.65. The number of benzene rings is 1. The number of hydrogen-bond acceptors (Lipinski definition) is 3. The van der Waals surface area contributed by atoms with Crippen LogP contribution in [0.25, 0.3) is 10.9 Å². The highest BCUT2D eigenvalue weighted by molar-refractivity contribution is 5.86. The van der Waals surface area contributed by atoms with Gasteiger partial charge in [-0.2, -0.15) is 0 Å². The van der Waals surface area contributed by atoms with E-state index in [4.69, 9.17) is 0 Å². The second-order valence-electron chi connectivity index (χ2n) is 7.67. The molecule has 0 saturated carbocycles. The van der Waals surface area contributed by atoms with E-state index in [2.05, 4.69) is 47.0 Å². The van der Waals surface area contributed by atoms with Gasteiger partial charge in [0.05, 0.1) is 12.1 Å². The smallest absolute Gasteiger partial charge is 0.0741 e. The van der Waals surface area contributed by atoms with Gasteiger partial charge in [0, 0.05) is 48.4 Å². The molecule has 6 rings (SSSR count). The molecule has 1 fully saturated rings. The van der Waals surface area contributed by atoms with E-state index in [9.17, 15) is 10.2 Å². The van der Waals surface area contributed by atoms with Crippen molar-refractivity contribution in [1.82, 2.24) is 9.47 Å². The van der Waals surface area contributed by atoms with E-state index >= 15 is 0 Å². The SMILES string of the molecule is C[C@@H](O)C1=CN2[C@H]3C[C@@H]1[C@@H](CO)[C@@H]2Cc1c3n(C)c2ccccc12. The summed E-state index contributed by atoms with van der Waals surface area (Å²) in [6.45, 7) is 2.04. The molecule has 4 bridgehead atoms. The van der Waals surface area contributed by atoms with E-state index in [0.717, 1.165) is 18.4 Å². The van der Waals surface area contributed by atoms with Crippen LogP contribution in [0.5, 0.6) is 0 Å². The van der Waals surface area contributed by atoms with Crippen molar-refractivity contribution in [2.75, 3.05) is 6.61 Å². The van der Waals surface area contributed by atoms with Crippen molar-refractivity contribution >= 4 is 10.9 Å². The number of rotatable bonds is 2. The minimum atomic E-state index is -0.431. The molecule has 5 heterocycles. The number of aliphatic hydroxyl groups is 2. The Hall–Kier alpha value is -1.78. The van der Waals surface area contributed by atoms with Crippen molar-refractivity contribution in [2.24, 2.45) is 18.9 Å². The van der Waals surface area contributed by atoms with Gasteiger partial charge in [0.15, 0.2) is 0 Å². The van der Waals surface area contributed by atoms with E-state index in [-0.39, 0.29) is 12.5 Å². The summed E-state index contributed by atoms with van der Waals surface area (Å²) in [7, 11) is 2.17. The normalized spacial score (nSPS) is 32.0. The fourth-order valence-electron chi connectivity index (χ4n) is 5.61. The van der Waals surface area contributed by atoms with Gasteiger partial charge in [-0.05, 0) is 42.9 Å². The van der Waals surface area contributed by atoms with E-state index < -0.39 is 6.10 Å². The summed E-state index contributed by atoms with van der Waals surface area (Å²) >= 11 is 0. The molecule has 1 saturated heterocycles. The number of aliphatic hydroxyl groups excluding tert-OH is 2. The Bertz CT molecular complexity index is 851. The fraction of sp³-hybridized carbons (Fsp3) is 0.500. The van der Waals surface area contributed by atoms with Gasteiger partial charge in [-0.25, -0.2) is 0 Å². The van der Waals surface area contributed by atoms with Crippen LogP contribution in [0.2, 0.25) is 0 Å². The Labute approximate surface area is 142 Å². The predicted molar refractivity (Wildman–Crippen MR) is 93.4 cm³/mol. The zero-order valence-corrected chi connectivity index (χ0v) is 14.2. The first kappa shape index (κ1) is 14.6. The number of para-hydroxylation sites is 1. The van der Waals surface area contributed by atoms with Crippen LogP contribution in [-0.2, 0) is 13.5 Å². The third-order valence-electron chi connectivity index (χ3n) is 6.64. The maximum absolute atomic E-state index is 10.2. The van der Waals surface area contributed by atoms with Crippen molar-refractivity contribution < 1.29 is 10.2 Å². The largest absolute Gasteiger partial charge is 0.396 e. The van der Waals surface area contributed by atoms with Crippen LogP contribution in [0.15, 0.2) is 36.0 Å². The first-order valence-corrected chi connectivity index (χ1v) is 8.96. The van der Waals surface area contributed by atoms with Crippen LogP contribution in [-0.4, -0.2) is 38.4 Å². The Morgan fingerprint density at radius 3 is 2.83 bits per heavy atom. The molecule has 4 aliphatic heterocycles. The lowest BCUT2D eigenvalue weighted by Gasteiger charge is -2.57. The van der Waals surface area contributed by atoms with Crippen molar-refractivity contribution in [1.29, 1.82) is 0 Å². The highest BCUT2D eigenvalue weighted by Gasteiger charge is 2.52. The van der Waals surface area contributed by atoms with Gasteiger partial charge >= 0.3 is 0 Å². The second kappa shape index (κ2) is 4.87. The predicted octanol–water partition coefficient (Wildman–Crippen LogP) is 2.35. The number of hydrogen-bond donors (Lipinski definition) is 2. The van der Waals surface area contributed by atoms with Crippen LogP contribution in [0.3, 0.4) is 0 Å². The molecule has 4 heteroatoms. The first-order valence-electron chi connectivity index (χ1n) is 8.96. The summed E-state index contributed by atoms with van der Waals surface area (Å²) in [4.78, 5) is 2.43. The molecule has 1 aromatic heterocycles. The highest BCUT2D eigenvalue weighted by atomic mass is 16.3. The third kappa shape index (κ3) is 1.65. The van der Waals surface area contributed by atoms with Gasteiger partial charge < -0.3 is 19.7 Å². The summed E-state index contributed by atoms with van der Waals surface area (Å²) in [6.07, 6.45) is 3.74. The number of piperidine rings is 1. The van der Waals surface area contributed by atoms with Gasteiger partial charge in [0.25, 0.3) is 0 Å². The molecule has 2 aromatic rings. The van der Waals surface area contributed by atoms with E-state index in [1.54, 1.807) is 0 Å². The number of aryl methyl sites for hydroxylation is 1. The number of fused-ring (bicyclic) bond motifs is 3. The second-order valence-corrected chi connectivity index (χ2v) is 7.67. The van der Waals surface area contributed by atoms with Gasteiger partial charge in [0.2, 0.25) is 0 Å². The van der Waals surface area contributed by atoms with E-state index in [1.165, 1.54) is 22.2 Å². The molecular formula is C20H24N2O2. The maximum atomic E-state index is 10.2. The Morgan fingerprint density at radius 1 is 1.29 bits per heavy atom. The zero-order chi connectivity index (χ0) is 16.6. The minimum absolute atomic E-state index is 0.197.